The summed E-state index contributed by atoms with van der Waals surface area (Å²) >= 11 is 1.39. The average Bonchev–Trinajstić information content (AvgIpc) is 0.833. The van der Waals surface area contributed by atoms with Crippen LogP contribution in [0.4, 0.5) is 4.79 Å². The van der Waals surface area contributed by atoms with Crippen molar-refractivity contribution < 1.29 is 67.4 Å². The quantitative estimate of drug-likeness (QED) is 0.0367. The molecule has 1 unspecified atom stereocenters. The van der Waals surface area contributed by atoms with Crippen molar-refractivity contribution in [3.63, 3.8) is 0 Å². The maximum atomic E-state index is 15.1. The third-order valence-corrected chi connectivity index (χ3v) is 17.8. The molecule has 1 aromatic rings. The molecule has 25 nitrogen and oxygen atoms in total. The Morgan fingerprint density at radius 2 is 1.04 bits per heavy atom. The Morgan fingerprint density at radius 1 is 0.543 bits per heavy atom. The van der Waals surface area contributed by atoms with Crippen LogP contribution in [0.2, 0.25) is 0 Å². The lowest BCUT2D eigenvalue weighted by atomic mass is 9.93. The Bertz CT molecular complexity index is 2640. The van der Waals surface area contributed by atoms with Crippen LogP contribution in [0.25, 0.3) is 0 Å². The van der Waals surface area contributed by atoms with Crippen LogP contribution in [0.3, 0.4) is 0 Å². The summed E-state index contributed by atoms with van der Waals surface area (Å²) in [5.41, 5.74) is 1.48. The van der Waals surface area contributed by atoms with Crippen molar-refractivity contribution in [2.75, 3.05) is 81.1 Å². The maximum Gasteiger partial charge on any atom is 0.337 e. The third kappa shape index (κ3) is 27.9. The van der Waals surface area contributed by atoms with Crippen LogP contribution < -0.4 is 26.6 Å². The fourth-order valence-corrected chi connectivity index (χ4v) is 11.9. The van der Waals surface area contributed by atoms with Crippen molar-refractivity contribution in [3.05, 3.63) is 35.4 Å². The fourth-order valence-electron chi connectivity index (χ4n) is 10.7. The summed E-state index contributed by atoms with van der Waals surface area (Å²) in [6.07, 6.45) is 4.49. The molecule has 6 N–H and O–H groups in total. The van der Waals surface area contributed by atoms with Gasteiger partial charge in [0.1, 0.15) is 48.3 Å². The Labute approximate surface area is 564 Å². The number of rotatable bonds is 41. The largest absolute Gasteiger partial charge is 0.465 e. The molecule has 0 saturated carbocycles. The summed E-state index contributed by atoms with van der Waals surface area (Å²) < 4.78 is 4.82. The number of methoxy groups -OCH3 is 1. The van der Waals surface area contributed by atoms with Crippen molar-refractivity contribution in [2.45, 2.75) is 209 Å². The van der Waals surface area contributed by atoms with E-state index >= 15 is 4.79 Å². The number of imide groups is 1. The first-order chi connectivity index (χ1) is 43.9. The molecule has 94 heavy (non-hydrogen) atoms. The lowest BCUT2D eigenvalue weighted by molar-refractivity contribution is -0.149. The second-order valence-corrected chi connectivity index (χ2v) is 28.1. The lowest BCUT2D eigenvalue weighted by Gasteiger charge is -2.38. The van der Waals surface area contributed by atoms with Crippen LogP contribution in [0, 0.1) is 35.5 Å². The van der Waals surface area contributed by atoms with Gasteiger partial charge in [-0.3, -0.25) is 52.8 Å². The van der Waals surface area contributed by atoms with Crippen molar-refractivity contribution >= 4 is 82.8 Å². The molecule has 0 saturated heterocycles. The van der Waals surface area contributed by atoms with Crippen molar-refractivity contribution in [1.82, 2.24) is 56.0 Å². The van der Waals surface area contributed by atoms with E-state index < -0.39 is 126 Å². The van der Waals surface area contributed by atoms with E-state index in [1.807, 2.05) is 74.4 Å². The predicted octanol–water partition coefficient (Wildman–Crippen LogP) is 5.10. The number of aliphatic hydroxyl groups excluding tert-OH is 1. The van der Waals surface area contributed by atoms with E-state index in [0.717, 1.165) is 16.9 Å². The Morgan fingerprint density at radius 3 is 1.54 bits per heavy atom. The van der Waals surface area contributed by atoms with Crippen molar-refractivity contribution in [2.24, 2.45) is 35.5 Å². The van der Waals surface area contributed by atoms with E-state index in [4.69, 9.17) is 4.74 Å². The minimum atomic E-state index is -1.22. The van der Waals surface area contributed by atoms with Gasteiger partial charge in [0, 0.05) is 68.1 Å². The number of carbonyl (C=O) groups is 12. The van der Waals surface area contributed by atoms with E-state index in [2.05, 4.69) is 26.6 Å². The van der Waals surface area contributed by atoms with Gasteiger partial charge in [-0.1, -0.05) is 102 Å². The number of ether oxygens (including phenoxy) is 1. The summed E-state index contributed by atoms with van der Waals surface area (Å²) in [7, 11) is 11.4. The molecule has 12 amide bonds. The molecule has 0 fully saturated rings. The molecule has 534 valence electrons. The molecule has 0 radical (unpaired) electrons. The first-order valence-electron chi connectivity index (χ1n) is 33.3. The number of nitrogens with zero attached hydrogens (tertiary/aromatic N) is 6. The summed E-state index contributed by atoms with van der Waals surface area (Å²) in [6, 6.07) is -2.43. The summed E-state index contributed by atoms with van der Waals surface area (Å²) in [6.45, 7) is 23.1. The number of unbranched alkanes of at least 4 members (excludes halogenated alkanes) is 1. The normalized spacial score (nSPS) is 14.3. The topological polar surface area (TPSA) is 314 Å². The van der Waals surface area contributed by atoms with Crippen LogP contribution in [0.1, 0.15) is 170 Å². The molecule has 26 heteroatoms. The van der Waals surface area contributed by atoms with Gasteiger partial charge in [0.25, 0.3) is 5.91 Å². The first-order valence-corrected chi connectivity index (χ1v) is 34.4. The van der Waals surface area contributed by atoms with E-state index in [-0.39, 0.29) is 80.0 Å². The van der Waals surface area contributed by atoms with Gasteiger partial charge in [-0.15, -0.1) is 0 Å². The van der Waals surface area contributed by atoms with Gasteiger partial charge < -0.3 is 60.9 Å². The molecule has 1 aromatic carbocycles. The van der Waals surface area contributed by atoms with Gasteiger partial charge in [-0.05, 0) is 124 Å². The third-order valence-electron chi connectivity index (χ3n) is 16.7. The standard InChI is InChI=1S/C68H117N11O14S/c1-22-50(72-61(85)53(74(15)56(81)37-44(8)9)38-46(12)26-25-27-48-28-30-49(31-29-48)67(91)93-21)63(87)78(19)55(40-94-33-24-23-32-80)65(89)76(17)52(35-42(4)5)62(86)73-58(45(10)11)66(90)77(18)51(34-41(2)3)60(84)71-47(13)59(83)70-39-57(82)75(16)54(36-43(6)7)64(88)79(20)68(92)69-14/h28-31,41-47,50-55,58,80H,22-27,32-40H2,1-21H3,(H,69,92)(H,70,83)(H,71,84)(H,72,85)(H,73,86)/t46-,47-,50+,51+,52+,53?,54+,55-,58+/m1/s1. The molecule has 0 aliphatic heterocycles. The second kappa shape index (κ2) is 42.6. The van der Waals surface area contributed by atoms with Gasteiger partial charge in [-0.2, -0.15) is 11.8 Å². The summed E-state index contributed by atoms with van der Waals surface area (Å²) in [5, 5.41) is 23.0. The smallest absolute Gasteiger partial charge is 0.337 e. The molecule has 0 aliphatic carbocycles. The molecular weight excluding hydrogens is 1230 g/mol. The van der Waals surface area contributed by atoms with Gasteiger partial charge >= 0.3 is 12.0 Å². The molecule has 0 aliphatic rings. The summed E-state index contributed by atoms with van der Waals surface area (Å²) in [5.74, 6) is -6.53. The van der Waals surface area contributed by atoms with E-state index in [9.17, 15) is 57.8 Å². The number of thioether (sulfide) groups is 1. The number of urea groups is 1. The minimum Gasteiger partial charge on any atom is -0.465 e. The number of nitrogens with one attached hydrogen (secondary N) is 5. The van der Waals surface area contributed by atoms with Crippen LogP contribution in [0.5, 0.6) is 0 Å². The Kier molecular flexibility index (Phi) is 38.6. The minimum absolute atomic E-state index is 0.0127. The molecule has 0 bridgehead atoms. The highest BCUT2D eigenvalue weighted by molar-refractivity contribution is 7.99. The van der Waals surface area contributed by atoms with Crippen LogP contribution in [-0.2, 0) is 59.1 Å². The number of aryl methyl sites for hydroxylation is 1. The fraction of sp³-hybridized carbons (Fsp3) is 0.735. The predicted molar refractivity (Wildman–Crippen MR) is 366 cm³/mol. The SMILES string of the molecule is CC[C@H](NC(=O)C(C[C@H](C)CCCc1ccc(C(=O)OC)cc1)N(C)C(=O)CC(C)C)C(=O)N(C)[C@H](CSCCCCO)C(=O)N(C)[C@@H](CC(C)C)C(=O)N[C@H](C(=O)N(C)[C@@H](CC(C)C)C(=O)N[C@H](C)C(=O)NCC(=O)N(C)[C@@H](CC(C)C)C(=O)N(C)C(=O)NC)C(C)C. The zero-order valence-corrected chi connectivity index (χ0v) is 61.2. The highest BCUT2D eigenvalue weighted by atomic mass is 32.2. The highest BCUT2D eigenvalue weighted by Gasteiger charge is 2.41. The highest BCUT2D eigenvalue weighted by Crippen LogP contribution is 2.24. The maximum absolute atomic E-state index is 15.1. The molecular formula is C68H117N11O14S. The van der Waals surface area contributed by atoms with Crippen molar-refractivity contribution in [1.29, 1.82) is 0 Å². The Hall–Kier alpha value is -6.83. The van der Waals surface area contributed by atoms with Crippen LogP contribution >= 0.6 is 11.8 Å². The molecule has 1 rings (SSSR count). The number of hydrogen-bond acceptors (Lipinski definition) is 15. The van der Waals surface area contributed by atoms with Crippen molar-refractivity contribution in [3.8, 4) is 0 Å². The number of hydrogen-bond donors (Lipinski definition) is 6. The average molecular weight is 1340 g/mol. The number of likely N-dealkylation sites (N-methyl/N-ethyl adjacent to an activating group) is 6. The van der Waals surface area contributed by atoms with E-state index in [1.54, 1.807) is 40.0 Å². The molecule has 9 atom stereocenters. The number of esters is 1. The van der Waals surface area contributed by atoms with Gasteiger partial charge in [-0.25, -0.2) is 9.59 Å². The first kappa shape index (κ1) is 85.2. The van der Waals surface area contributed by atoms with Gasteiger partial charge in [0.2, 0.25) is 53.2 Å². The number of carbonyl (C=O) groups excluding carboxylic acids is 12. The lowest BCUT2D eigenvalue weighted by Crippen LogP contribution is -2.61. The molecule has 0 heterocycles. The second-order valence-electron chi connectivity index (χ2n) is 26.9. The van der Waals surface area contributed by atoms with E-state index in [0.29, 0.717) is 43.4 Å². The number of amides is 12. The van der Waals surface area contributed by atoms with Crippen LogP contribution in [0.15, 0.2) is 24.3 Å². The van der Waals surface area contributed by atoms with Crippen LogP contribution in [-0.4, -0.2) is 235 Å². The molecule has 0 spiro atoms. The zero-order chi connectivity index (χ0) is 72.0. The summed E-state index contributed by atoms with van der Waals surface area (Å²) in [4.78, 5) is 174. The number of aliphatic hydroxyl groups is 1. The van der Waals surface area contributed by atoms with Gasteiger partial charge in [0.05, 0.1) is 19.2 Å². The zero-order valence-electron chi connectivity index (χ0n) is 60.3. The molecule has 0 aromatic heterocycles. The van der Waals surface area contributed by atoms with Gasteiger partial charge in [0.15, 0.2) is 0 Å². The van der Waals surface area contributed by atoms with E-state index in [1.165, 1.54) is 92.6 Å². The number of benzene rings is 1. The monoisotopic (exact) mass is 1340 g/mol. The Balaban J connectivity index is 3.55.